The van der Waals surface area contributed by atoms with E-state index in [1.807, 2.05) is 33.3 Å². The van der Waals surface area contributed by atoms with Crippen LogP contribution in [-0.2, 0) is 12.8 Å². The molecule has 0 radical (unpaired) electrons. The Bertz CT molecular complexity index is 1490. The second kappa shape index (κ2) is 8.69. The Morgan fingerprint density at radius 2 is 1.06 bits per heavy atom. The molecule has 4 aromatic heterocycles. The largest absolute Gasteiger partial charge is 0.234 e. The maximum absolute atomic E-state index is 4.79. The number of rotatable bonds is 7. The summed E-state index contributed by atoms with van der Waals surface area (Å²) in [6.07, 6.45) is 3.91. The summed E-state index contributed by atoms with van der Waals surface area (Å²) in [5.41, 5.74) is 4.48. The van der Waals surface area contributed by atoms with E-state index >= 15 is 0 Å². The first-order valence-electron chi connectivity index (χ1n) is 11.2. The molecule has 2 aromatic carbocycles. The van der Waals surface area contributed by atoms with Crippen molar-refractivity contribution in [2.45, 2.75) is 39.5 Å². The summed E-state index contributed by atoms with van der Waals surface area (Å²) in [4.78, 5) is 1.68. The summed E-state index contributed by atoms with van der Waals surface area (Å²) in [5.74, 6) is 1.61. The lowest BCUT2D eigenvalue weighted by atomic mass is 10.1. The van der Waals surface area contributed by atoms with Gasteiger partial charge in [-0.05, 0) is 37.8 Å². The highest BCUT2D eigenvalue weighted by Gasteiger charge is 2.16. The van der Waals surface area contributed by atoms with Crippen LogP contribution in [0.25, 0.3) is 32.7 Å². The summed E-state index contributed by atoms with van der Waals surface area (Å²) in [6.45, 7) is 4.17. The van der Waals surface area contributed by atoms with Crippen LogP contribution in [0.1, 0.15) is 34.0 Å². The highest BCUT2D eigenvalue weighted by Crippen LogP contribution is 2.26. The maximum Gasteiger partial charge on any atom is 0.234 e. The third-order valence-electron chi connectivity index (χ3n) is 5.87. The van der Waals surface area contributed by atoms with Crippen molar-refractivity contribution in [2.75, 3.05) is 0 Å². The first-order valence-corrected chi connectivity index (χ1v) is 12.8. The Kier molecular flexibility index (Phi) is 5.39. The van der Waals surface area contributed by atoms with E-state index in [4.69, 9.17) is 10.2 Å². The molecule has 0 fully saturated rings. The fourth-order valence-electron chi connectivity index (χ4n) is 4.05. The zero-order valence-corrected chi connectivity index (χ0v) is 20.5. The average Bonchev–Trinajstić information content (AvgIpc) is 3.59. The Hall–Kier alpha value is -3.50. The minimum Gasteiger partial charge on any atom is -0.183 e. The van der Waals surface area contributed by atoms with Crippen LogP contribution < -0.4 is 0 Å². The minimum absolute atomic E-state index is 0.805. The predicted octanol–water partition coefficient (Wildman–Crippen LogP) is 5.20. The lowest BCUT2D eigenvalue weighted by molar-refractivity contribution is 0.710. The van der Waals surface area contributed by atoms with Gasteiger partial charge in [-0.2, -0.15) is 19.2 Å². The van der Waals surface area contributed by atoms with E-state index in [0.717, 1.165) is 68.4 Å². The molecule has 0 aliphatic rings. The van der Waals surface area contributed by atoms with E-state index in [1.54, 1.807) is 22.7 Å². The van der Waals surface area contributed by atoms with Gasteiger partial charge in [0.15, 0.2) is 11.6 Å². The van der Waals surface area contributed by atoms with Gasteiger partial charge in [0.25, 0.3) is 0 Å². The monoisotopic (exact) mass is 486 g/mol. The van der Waals surface area contributed by atoms with Crippen molar-refractivity contribution < 1.29 is 0 Å². The van der Waals surface area contributed by atoms with Gasteiger partial charge in [-0.25, -0.2) is 0 Å². The predicted molar refractivity (Wildman–Crippen MR) is 134 cm³/mol. The quantitative estimate of drug-likeness (QED) is 0.288. The Balaban J connectivity index is 1.12. The van der Waals surface area contributed by atoms with Crippen molar-refractivity contribution in [2.24, 2.45) is 0 Å². The maximum atomic E-state index is 4.79. The van der Waals surface area contributed by atoms with E-state index in [2.05, 4.69) is 58.5 Å². The van der Waals surface area contributed by atoms with E-state index in [9.17, 15) is 0 Å². The SMILES string of the molecule is Cc1ccccc1-c1nnc2sc(CCCCc3nn4c(-c5ccccc5C)nnc4s3)nn12. The molecule has 170 valence electrons. The number of unbranched alkanes of at least 4 members (excludes halogenated alkanes) is 1. The zero-order chi connectivity index (χ0) is 23.1. The average molecular weight is 487 g/mol. The van der Waals surface area contributed by atoms with Crippen LogP contribution in [0, 0.1) is 13.8 Å². The molecule has 8 nitrogen and oxygen atoms in total. The molecule has 0 aliphatic heterocycles. The molecule has 0 atom stereocenters. The number of fused-ring (bicyclic) bond motifs is 2. The van der Waals surface area contributed by atoms with E-state index in [0.29, 0.717) is 0 Å². The smallest absolute Gasteiger partial charge is 0.183 e. The van der Waals surface area contributed by atoms with Crippen molar-refractivity contribution >= 4 is 32.6 Å². The second-order valence-electron chi connectivity index (χ2n) is 8.26. The third-order valence-corrected chi connectivity index (χ3v) is 7.79. The molecule has 4 heterocycles. The molecule has 0 aliphatic carbocycles. The number of hydrogen-bond acceptors (Lipinski definition) is 8. The van der Waals surface area contributed by atoms with Gasteiger partial charge in [0.2, 0.25) is 9.92 Å². The molecular weight excluding hydrogens is 464 g/mol. The second-order valence-corrected chi connectivity index (χ2v) is 10.3. The first-order chi connectivity index (χ1) is 16.7. The van der Waals surface area contributed by atoms with Crippen molar-refractivity contribution in [3.8, 4) is 22.8 Å². The summed E-state index contributed by atoms with van der Waals surface area (Å²) in [5, 5.41) is 29.1. The highest BCUT2D eigenvalue weighted by atomic mass is 32.1. The molecule has 6 aromatic rings. The van der Waals surface area contributed by atoms with E-state index < -0.39 is 0 Å². The number of benzene rings is 2. The Morgan fingerprint density at radius 3 is 1.50 bits per heavy atom. The number of aryl methyl sites for hydroxylation is 4. The van der Waals surface area contributed by atoms with Crippen LogP contribution in [0.5, 0.6) is 0 Å². The Labute approximate surface area is 204 Å². The van der Waals surface area contributed by atoms with Gasteiger partial charge >= 0.3 is 0 Å². The van der Waals surface area contributed by atoms with E-state index in [1.165, 1.54) is 11.1 Å². The van der Waals surface area contributed by atoms with Gasteiger partial charge in [0, 0.05) is 24.0 Å². The van der Waals surface area contributed by atoms with Crippen LogP contribution in [0.4, 0.5) is 0 Å². The lowest BCUT2D eigenvalue weighted by Gasteiger charge is -2.01. The van der Waals surface area contributed by atoms with Gasteiger partial charge < -0.3 is 0 Å². The van der Waals surface area contributed by atoms with Gasteiger partial charge in [0.05, 0.1) is 0 Å². The van der Waals surface area contributed by atoms with Gasteiger partial charge in [-0.1, -0.05) is 71.2 Å². The first kappa shape index (κ1) is 21.1. The molecular formula is C24H22N8S2. The standard InChI is InChI=1S/C24H22N8S2/c1-15-9-3-5-11-17(15)21-25-27-23-31(21)29-19(33-23)13-7-8-14-20-30-32-22(26-28-24(32)34-20)18-12-6-4-10-16(18)2/h3-6,9-12H,7-8,13-14H2,1-2H3. The fraction of sp³-hybridized carbons (Fsp3) is 0.250. The molecule has 0 N–H and O–H groups in total. The molecule has 0 saturated heterocycles. The summed E-state index contributed by atoms with van der Waals surface area (Å²) >= 11 is 3.23. The van der Waals surface area contributed by atoms with Crippen LogP contribution in [0.2, 0.25) is 0 Å². The van der Waals surface area contributed by atoms with Crippen LogP contribution >= 0.6 is 22.7 Å². The minimum atomic E-state index is 0.805. The fourth-order valence-corrected chi connectivity index (χ4v) is 5.80. The van der Waals surface area contributed by atoms with E-state index in [-0.39, 0.29) is 0 Å². The third kappa shape index (κ3) is 3.78. The number of aromatic nitrogens is 8. The molecule has 0 spiro atoms. The van der Waals surface area contributed by atoms with Crippen molar-refractivity contribution in [3.63, 3.8) is 0 Å². The summed E-state index contributed by atoms with van der Waals surface area (Å²) in [6, 6.07) is 16.4. The van der Waals surface area contributed by atoms with Gasteiger partial charge in [0.1, 0.15) is 10.0 Å². The highest BCUT2D eigenvalue weighted by molar-refractivity contribution is 7.17. The van der Waals surface area contributed by atoms with Gasteiger partial charge in [-0.15, -0.1) is 20.4 Å². The molecule has 6 rings (SSSR count). The summed E-state index contributed by atoms with van der Waals surface area (Å²) < 4.78 is 3.75. The molecule has 0 bridgehead atoms. The van der Waals surface area contributed by atoms with Crippen LogP contribution in [0.3, 0.4) is 0 Å². The summed E-state index contributed by atoms with van der Waals surface area (Å²) in [7, 11) is 0. The van der Waals surface area contributed by atoms with Crippen LogP contribution in [0.15, 0.2) is 48.5 Å². The normalized spacial score (nSPS) is 11.7. The number of hydrogen-bond donors (Lipinski definition) is 0. The molecule has 0 saturated carbocycles. The van der Waals surface area contributed by atoms with Gasteiger partial charge in [-0.3, -0.25) is 0 Å². The molecule has 0 unspecified atom stereocenters. The van der Waals surface area contributed by atoms with Crippen molar-refractivity contribution in [1.82, 2.24) is 39.6 Å². The van der Waals surface area contributed by atoms with Crippen LogP contribution in [-0.4, -0.2) is 39.6 Å². The van der Waals surface area contributed by atoms with Crippen molar-refractivity contribution in [3.05, 3.63) is 69.7 Å². The molecule has 0 amide bonds. The number of nitrogens with zero attached hydrogens (tertiary/aromatic N) is 8. The lowest BCUT2D eigenvalue weighted by Crippen LogP contribution is -1.96. The zero-order valence-electron chi connectivity index (χ0n) is 18.8. The topological polar surface area (TPSA) is 86.2 Å². The van der Waals surface area contributed by atoms with Crippen molar-refractivity contribution in [1.29, 1.82) is 0 Å². The molecule has 10 heteroatoms. The molecule has 34 heavy (non-hydrogen) atoms. The Morgan fingerprint density at radius 1 is 0.618 bits per heavy atom.